The van der Waals surface area contributed by atoms with Crippen LogP contribution in [0, 0.1) is 0 Å². The molecule has 10 rings (SSSR count). The molecule has 53 heavy (non-hydrogen) atoms. The first-order chi connectivity index (χ1) is 26.0. The molecular weight excluding hydrogens is 639 g/mol. The minimum Gasteiger partial charge on any atom is -0.310 e. The van der Waals surface area contributed by atoms with Gasteiger partial charge in [-0.2, -0.15) is 0 Å². The molecule has 0 N–H and O–H groups in total. The van der Waals surface area contributed by atoms with Crippen LogP contribution in [-0.4, -0.2) is 0 Å². The number of anilines is 3. The maximum atomic E-state index is 2.54. The SMILES string of the molecule is CC1(C)c2ccccc2-c2cc(-c3cccc4c3CCCCC4)c(N(c3ccc(-c4ccccc4)cc3)c3ccc4ccc5ccccc5c4c3)cc21. The number of hydrogen-bond donors (Lipinski definition) is 0. The second-order valence-corrected chi connectivity index (χ2v) is 15.5. The van der Waals surface area contributed by atoms with Gasteiger partial charge in [-0.05, 0) is 134 Å². The first-order valence-corrected chi connectivity index (χ1v) is 19.3. The zero-order valence-electron chi connectivity index (χ0n) is 30.6. The van der Waals surface area contributed by atoms with Gasteiger partial charge in [0.15, 0.2) is 0 Å². The topological polar surface area (TPSA) is 3.24 Å². The van der Waals surface area contributed by atoms with Gasteiger partial charge in [0.25, 0.3) is 0 Å². The summed E-state index contributed by atoms with van der Waals surface area (Å²) in [7, 11) is 0. The van der Waals surface area contributed by atoms with Gasteiger partial charge in [0, 0.05) is 22.4 Å². The van der Waals surface area contributed by atoms with Crippen LogP contribution in [0.15, 0.2) is 164 Å². The summed E-state index contributed by atoms with van der Waals surface area (Å²) in [6.07, 6.45) is 6.07. The van der Waals surface area contributed by atoms with Crippen molar-refractivity contribution in [2.75, 3.05) is 4.90 Å². The van der Waals surface area contributed by atoms with E-state index in [1.165, 1.54) is 102 Å². The highest BCUT2D eigenvalue weighted by Crippen LogP contribution is 2.54. The summed E-state index contributed by atoms with van der Waals surface area (Å²) in [6.45, 7) is 4.80. The summed E-state index contributed by atoms with van der Waals surface area (Å²) >= 11 is 0. The van der Waals surface area contributed by atoms with Crippen molar-refractivity contribution in [3.05, 3.63) is 186 Å². The van der Waals surface area contributed by atoms with Crippen LogP contribution in [0.2, 0.25) is 0 Å². The fourth-order valence-electron chi connectivity index (χ4n) is 9.34. The Hall–Kier alpha value is -5.92. The van der Waals surface area contributed by atoms with Crippen LogP contribution in [0.5, 0.6) is 0 Å². The van der Waals surface area contributed by atoms with Crippen molar-refractivity contribution in [2.24, 2.45) is 0 Å². The summed E-state index contributed by atoms with van der Waals surface area (Å²) in [5, 5.41) is 5.08. The largest absolute Gasteiger partial charge is 0.310 e. The lowest BCUT2D eigenvalue weighted by Gasteiger charge is -2.31. The molecule has 0 unspecified atom stereocenters. The molecule has 0 aliphatic heterocycles. The Bertz CT molecular complexity index is 2660. The summed E-state index contributed by atoms with van der Waals surface area (Å²) in [5.74, 6) is 0. The summed E-state index contributed by atoms with van der Waals surface area (Å²) in [4.78, 5) is 2.54. The fraction of sp³-hybridized carbons (Fsp3) is 0.154. The van der Waals surface area contributed by atoms with Crippen LogP contribution in [-0.2, 0) is 18.3 Å². The molecule has 0 spiro atoms. The van der Waals surface area contributed by atoms with Gasteiger partial charge in [0.2, 0.25) is 0 Å². The Balaban J connectivity index is 1.27. The monoisotopic (exact) mass is 681 g/mol. The molecule has 0 amide bonds. The zero-order chi connectivity index (χ0) is 35.5. The Morgan fingerprint density at radius 3 is 1.98 bits per heavy atom. The van der Waals surface area contributed by atoms with Crippen LogP contribution >= 0.6 is 0 Å². The Kier molecular flexibility index (Phi) is 7.58. The molecule has 8 aromatic carbocycles. The average Bonchev–Trinajstić information content (AvgIpc) is 3.33. The molecule has 2 aliphatic carbocycles. The van der Waals surface area contributed by atoms with Gasteiger partial charge in [-0.15, -0.1) is 0 Å². The van der Waals surface area contributed by atoms with Crippen LogP contribution in [0.3, 0.4) is 0 Å². The predicted molar refractivity (Wildman–Crippen MR) is 226 cm³/mol. The molecule has 0 radical (unpaired) electrons. The normalized spacial score (nSPS) is 14.4. The summed E-state index contributed by atoms with van der Waals surface area (Å²) < 4.78 is 0. The van der Waals surface area contributed by atoms with E-state index >= 15 is 0 Å². The molecule has 0 saturated heterocycles. The molecule has 1 nitrogen and oxygen atoms in total. The highest BCUT2D eigenvalue weighted by Gasteiger charge is 2.37. The van der Waals surface area contributed by atoms with Gasteiger partial charge in [-0.1, -0.05) is 148 Å². The van der Waals surface area contributed by atoms with Crippen molar-refractivity contribution in [1.29, 1.82) is 0 Å². The van der Waals surface area contributed by atoms with E-state index in [4.69, 9.17) is 0 Å². The summed E-state index contributed by atoms with van der Waals surface area (Å²) in [6, 6.07) is 61.5. The van der Waals surface area contributed by atoms with E-state index in [9.17, 15) is 0 Å². The number of fused-ring (bicyclic) bond motifs is 7. The maximum Gasteiger partial charge on any atom is 0.0543 e. The van der Waals surface area contributed by atoms with Crippen molar-refractivity contribution < 1.29 is 0 Å². The van der Waals surface area contributed by atoms with E-state index in [0.717, 1.165) is 24.2 Å². The molecule has 0 heterocycles. The van der Waals surface area contributed by atoms with Crippen LogP contribution in [0.4, 0.5) is 17.1 Å². The standard InChI is InChI=1S/C52H43N/c1-52(2)49-23-12-11-21-45(49)47-33-48(44-22-13-18-37-16-7-4-8-19-42(37)44)51(34-50(47)52)53(40-29-26-36(27-30-40)35-14-5-3-6-15-35)41-31-28-39-25-24-38-17-9-10-20-43(38)46(39)32-41/h3,5-6,9-15,17-18,20-34H,4,7-8,16,19H2,1-2H3. The number of nitrogens with zero attached hydrogens (tertiary/aromatic N) is 1. The Morgan fingerprint density at radius 1 is 0.434 bits per heavy atom. The Morgan fingerprint density at radius 2 is 1.11 bits per heavy atom. The molecular formula is C52H43N. The van der Waals surface area contributed by atoms with Crippen LogP contribution in [0.1, 0.15) is 55.4 Å². The molecule has 1 heteroatoms. The van der Waals surface area contributed by atoms with E-state index in [1.807, 2.05) is 0 Å². The van der Waals surface area contributed by atoms with Gasteiger partial charge < -0.3 is 4.90 Å². The van der Waals surface area contributed by atoms with Crippen LogP contribution < -0.4 is 4.90 Å². The fourth-order valence-corrected chi connectivity index (χ4v) is 9.34. The van der Waals surface area contributed by atoms with E-state index in [1.54, 1.807) is 0 Å². The van der Waals surface area contributed by atoms with Crippen molar-refractivity contribution in [1.82, 2.24) is 0 Å². The minimum absolute atomic E-state index is 0.130. The number of aryl methyl sites for hydroxylation is 1. The van der Waals surface area contributed by atoms with Gasteiger partial charge in [-0.3, -0.25) is 0 Å². The lowest BCUT2D eigenvalue weighted by atomic mass is 9.81. The molecule has 256 valence electrons. The molecule has 8 aromatic rings. The third kappa shape index (κ3) is 5.29. The third-order valence-electron chi connectivity index (χ3n) is 12.1. The zero-order valence-corrected chi connectivity index (χ0v) is 30.6. The second kappa shape index (κ2) is 12.6. The Labute approximate surface area is 313 Å². The lowest BCUT2D eigenvalue weighted by Crippen LogP contribution is -2.17. The van der Waals surface area contributed by atoms with Crippen molar-refractivity contribution in [3.63, 3.8) is 0 Å². The number of rotatable bonds is 5. The lowest BCUT2D eigenvalue weighted by molar-refractivity contribution is 0.660. The van der Waals surface area contributed by atoms with Gasteiger partial charge in [0.1, 0.15) is 0 Å². The van der Waals surface area contributed by atoms with E-state index in [2.05, 4.69) is 183 Å². The number of hydrogen-bond acceptors (Lipinski definition) is 1. The van der Waals surface area contributed by atoms with Crippen LogP contribution in [0.25, 0.3) is 54.9 Å². The highest BCUT2D eigenvalue weighted by atomic mass is 15.1. The van der Waals surface area contributed by atoms with Gasteiger partial charge >= 0.3 is 0 Å². The molecule has 0 aromatic heterocycles. The third-order valence-corrected chi connectivity index (χ3v) is 12.1. The highest BCUT2D eigenvalue weighted by molar-refractivity contribution is 6.09. The minimum atomic E-state index is -0.130. The molecule has 2 aliphatic rings. The van der Waals surface area contributed by atoms with E-state index < -0.39 is 0 Å². The first kappa shape index (κ1) is 31.8. The van der Waals surface area contributed by atoms with Crippen molar-refractivity contribution in [3.8, 4) is 33.4 Å². The molecule has 0 saturated carbocycles. The van der Waals surface area contributed by atoms with E-state index in [0.29, 0.717) is 0 Å². The predicted octanol–water partition coefficient (Wildman–Crippen LogP) is 14.4. The van der Waals surface area contributed by atoms with Crippen molar-refractivity contribution in [2.45, 2.75) is 51.4 Å². The maximum absolute atomic E-state index is 2.54. The first-order valence-electron chi connectivity index (χ1n) is 19.3. The molecule has 0 bridgehead atoms. The van der Waals surface area contributed by atoms with E-state index in [-0.39, 0.29) is 5.41 Å². The average molecular weight is 682 g/mol. The molecule has 0 fully saturated rings. The van der Waals surface area contributed by atoms with Gasteiger partial charge in [0.05, 0.1) is 5.69 Å². The second-order valence-electron chi connectivity index (χ2n) is 15.5. The molecule has 0 atom stereocenters. The van der Waals surface area contributed by atoms with Crippen molar-refractivity contribution >= 4 is 38.6 Å². The summed E-state index contributed by atoms with van der Waals surface area (Å²) in [5.41, 5.74) is 17.1. The quantitative estimate of drug-likeness (QED) is 0.129. The number of benzene rings is 8. The smallest absolute Gasteiger partial charge is 0.0543 e. The van der Waals surface area contributed by atoms with Gasteiger partial charge in [-0.25, -0.2) is 0 Å².